The molecule has 1 aromatic heterocycles. The first-order chi connectivity index (χ1) is 11.8. The van der Waals surface area contributed by atoms with Gasteiger partial charge < -0.3 is 15.4 Å². The number of hydrogen-bond acceptors (Lipinski definition) is 4. The van der Waals surface area contributed by atoms with Crippen molar-refractivity contribution in [3.63, 3.8) is 0 Å². The third kappa shape index (κ3) is 3.85. The van der Waals surface area contributed by atoms with Gasteiger partial charge in [0.05, 0.1) is 0 Å². The lowest BCUT2D eigenvalue weighted by Crippen LogP contribution is -2.64. The van der Waals surface area contributed by atoms with Crippen LogP contribution < -0.4 is 15.4 Å². The van der Waals surface area contributed by atoms with Gasteiger partial charge >= 0.3 is 12.6 Å². The van der Waals surface area contributed by atoms with Crippen LogP contribution in [-0.2, 0) is 11.3 Å². The number of pyridine rings is 1. The highest BCUT2D eigenvalue weighted by Gasteiger charge is 2.55. The summed E-state index contributed by atoms with van der Waals surface area (Å²) in [4.78, 5) is 27.9. The van der Waals surface area contributed by atoms with Crippen LogP contribution in [0.1, 0.15) is 37.7 Å². The van der Waals surface area contributed by atoms with Gasteiger partial charge in [-0.2, -0.15) is 8.78 Å². The monoisotopic (exact) mass is 357 g/mol. The molecule has 3 aliphatic carbocycles. The van der Waals surface area contributed by atoms with Crippen molar-refractivity contribution in [2.75, 3.05) is 0 Å². The van der Waals surface area contributed by atoms with Crippen LogP contribution in [0.25, 0.3) is 0 Å². The van der Waals surface area contributed by atoms with Gasteiger partial charge in [-0.15, -0.1) is 0 Å². The van der Waals surface area contributed by atoms with Gasteiger partial charge in [-0.3, -0.25) is 4.79 Å². The Bertz CT molecular complexity index is 676. The van der Waals surface area contributed by atoms with Crippen LogP contribution in [0.3, 0.4) is 0 Å². The van der Waals surface area contributed by atoms with Gasteiger partial charge in [0.15, 0.2) is 5.78 Å². The van der Waals surface area contributed by atoms with Crippen molar-refractivity contribution >= 4 is 11.8 Å². The minimum atomic E-state index is -2.98. The molecule has 3 saturated carbocycles. The van der Waals surface area contributed by atoms with Gasteiger partial charge in [0.25, 0.3) is 0 Å². The summed E-state index contributed by atoms with van der Waals surface area (Å²) in [6.45, 7) is -2.94. The van der Waals surface area contributed by atoms with Crippen molar-refractivity contribution in [1.82, 2.24) is 15.6 Å². The number of ether oxygens (including phenoxy) is 1. The Morgan fingerprint density at radius 2 is 2.04 bits per heavy atom. The molecule has 1 heterocycles. The Morgan fingerprint density at radius 1 is 1.32 bits per heavy atom. The Hall–Kier alpha value is -2.32. The van der Waals surface area contributed by atoms with E-state index in [1.165, 1.54) is 12.3 Å². The van der Waals surface area contributed by atoms with Gasteiger partial charge in [-0.1, -0.05) is 0 Å². The van der Waals surface area contributed by atoms with E-state index in [4.69, 9.17) is 0 Å². The van der Waals surface area contributed by atoms with Crippen LogP contribution in [0.5, 0.6) is 5.88 Å². The average Bonchev–Trinajstić information content (AvgIpc) is 2.54. The number of alkyl halides is 3. The van der Waals surface area contributed by atoms with Gasteiger partial charge in [0.2, 0.25) is 5.88 Å². The van der Waals surface area contributed by atoms with Crippen molar-refractivity contribution in [3.05, 3.63) is 23.9 Å². The highest BCUT2D eigenvalue weighted by molar-refractivity contribution is 5.94. The molecule has 25 heavy (non-hydrogen) atoms. The summed E-state index contributed by atoms with van der Waals surface area (Å²) in [5.41, 5.74) is -1.91. The Morgan fingerprint density at radius 3 is 2.68 bits per heavy atom. The lowest BCUT2D eigenvalue weighted by atomic mass is 9.63. The van der Waals surface area contributed by atoms with Gasteiger partial charge in [-0.05, 0) is 37.3 Å². The first kappa shape index (κ1) is 17.5. The number of Topliss-reactive ketones (excluding diaryl/α,β-unsaturated/α-hetero) is 1. The summed E-state index contributed by atoms with van der Waals surface area (Å²) in [5, 5.41) is 5.24. The second-order valence-corrected chi connectivity index (χ2v) is 6.52. The first-order valence-electron chi connectivity index (χ1n) is 7.98. The summed E-state index contributed by atoms with van der Waals surface area (Å²) in [6, 6.07) is 2.27. The molecule has 0 spiro atoms. The maximum absolute atomic E-state index is 14.2. The molecule has 1 aromatic rings. The van der Waals surface area contributed by atoms with Crippen LogP contribution in [0.15, 0.2) is 18.3 Å². The van der Waals surface area contributed by atoms with E-state index in [1.54, 1.807) is 6.07 Å². The highest BCUT2D eigenvalue weighted by atomic mass is 19.3. The summed E-state index contributed by atoms with van der Waals surface area (Å²) in [6.07, 6.45) is 2.23. The molecule has 0 aliphatic heterocycles. The van der Waals surface area contributed by atoms with Crippen LogP contribution in [-0.4, -0.2) is 34.6 Å². The second kappa shape index (κ2) is 6.53. The van der Waals surface area contributed by atoms with Crippen molar-refractivity contribution < 1.29 is 27.5 Å². The van der Waals surface area contributed by atoms with Gasteiger partial charge in [-0.25, -0.2) is 14.2 Å². The molecule has 3 fully saturated rings. The molecule has 2 amide bonds. The SMILES string of the molecule is O=C(NCc1ccnc(OC(F)F)c1)NC12CCC(F)(CC1)CC2=O. The van der Waals surface area contributed by atoms with E-state index < -0.39 is 23.9 Å². The zero-order chi connectivity index (χ0) is 18.1. The molecule has 0 atom stereocenters. The fraction of sp³-hybridized carbons (Fsp3) is 0.562. The third-order valence-electron chi connectivity index (χ3n) is 4.83. The molecule has 0 saturated heterocycles. The van der Waals surface area contributed by atoms with E-state index in [0.29, 0.717) is 5.56 Å². The minimum absolute atomic E-state index is 0.0469. The third-order valence-corrected chi connectivity index (χ3v) is 4.83. The van der Waals surface area contributed by atoms with Crippen molar-refractivity contribution in [2.45, 2.75) is 56.5 Å². The molecule has 136 valence electrons. The van der Waals surface area contributed by atoms with Crippen molar-refractivity contribution in [2.24, 2.45) is 0 Å². The van der Waals surface area contributed by atoms with Crippen LogP contribution in [0.4, 0.5) is 18.0 Å². The van der Waals surface area contributed by atoms with Crippen LogP contribution in [0, 0.1) is 0 Å². The summed E-state index contributed by atoms with van der Waals surface area (Å²) < 4.78 is 42.7. The lowest BCUT2D eigenvalue weighted by molar-refractivity contribution is -0.138. The van der Waals surface area contributed by atoms with Crippen LogP contribution in [0.2, 0.25) is 0 Å². The summed E-state index contributed by atoms with van der Waals surface area (Å²) >= 11 is 0. The molecule has 6 nitrogen and oxygen atoms in total. The normalized spacial score (nSPS) is 28.1. The van der Waals surface area contributed by atoms with E-state index in [9.17, 15) is 22.8 Å². The molecular formula is C16H18F3N3O3. The average molecular weight is 357 g/mol. The number of halogens is 3. The number of carbonyl (C=O) groups is 2. The molecule has 0 aromatic carbocycles. The number of urea groups is 1. The van der Waals surface area contributed by atoms with Crippen LogP contribution >= 0.6 is 0 Å². The highest BCUT2D eigenvalue weighted by Crippen LogP contribution is 2.46. The van der Waals surface area contributed by atoms with E-state index in [1.807, 2.05) is 0 Å². The molecule has 0 unspecified atom stereocenters. The maximum atomic E-state index is 14.2. The van der Waals surface area contributed by atoms with Crippen molar-refractivity contribution in [1.29, 1.82) is 0 Å². The largest absolute Gasteiger partial charge is 0.417 e. The number of amides is 2. The molecule has 2 N–H and O–H groups in total. The quantitative estimate of drug-likeness (QED) is 0.848. The summed E-state index contributed by atoms with van der Waals surface area (Å²) in [7, 11) is 0. The fourth-order valence-corrected chi connectivity index (χ4v) is 3.39. The Labute approximate surface area is 142 Å². The zero-order valence-electron chi connectivity index (χ0n) is 13.4. The number of fused-ring (bicyclic) bond motifs is 3. The molecule has 9 heteroatoms. The van der Waals surface area contributed by atoms with E-state index in [-0.39, 0.29) is 50.3 Å². The number of hydrogen-bond donors (Lipinski definition) is 2. The van der Waals surface area contributed by atoms with E-state index in [2.05, 4.69) is 20.4 Å². The Kier molecular flexibility index (Phi) is 4.57. The standard InChI is InChI=1S/C16H18F3N3O3/c17-13(18)25-12-7-10(1-6-20-12)9-21-14(24)22-16-4-2-15(19,3-5-16)8-11(16)23/h1,6-7,13H,2-5,8-9H2,(H2,21,22,24). The molecule has 4 rings (SSSR count). The number of aromatic nitrogens is 1. The smallest absolute Gasteiger partial charge is 0.388 e. The molecule has 2 bridgehead atoms. The van der Waals surface area contributed by atoms with E-state index in [0.717, 1.165) is 0 Å². The minimum Gasteiger partial charge on any atom is -0.417 e. The number of nitrogens with zero attached hydrogens (tertiary/aromatic N) is 1. The lowest BCUT2D eigenvalue weighted by Gasteiger charge is -2.48. The summed E-state index contributed by atoms with van der Waals surface area (Å²) in [5.74, 6) is -0.526. The molecule has 0 radical (unpaired) electrons. The van der Waals surface area contributed by atoms with Crippen molar-refractivity contribution in [3.8, 4) is 5.88 Å². The number of ketones is 1. The predicted octanol–water partition coefficient (Wildman–Crippen LogP) is 2.48. The first-order valence-corrected chi connectivity index (χ1v) is 7.98. The van der Waals surface area contributed by atoms with Gasteiger partial charge in [0, 0.05) is 25.2 Å². The zero-order valence-corrected chi connectivity index (χ0v) is 13.4. The topological polar surface area (TPSA) is 80.3 Å². The van der Waals surface area contributed by atoms with E-state index >= 15 is 0 Å². The molecule has 3 aliphatic rings. The Balaban J connectivity index is 1.56. The maximum Gasteiger partial charge on any atom is 0.388 e. The molecular weight excluding hydrogens is 339 g/mol. The second-order valence-electron chi connectivity index (χ2n) is 6.52. The number of carbonyl (C=O) groups excluding carboxylic acids is 2. The fourth-order valence-electron chi connectivity index (χ4n) is 3.39. The number of nitrogens with one attached hydrogen (secondary N) is 2. The predicted molar refractivity (Wildman–Crippen MR) is 80.9 cm³/mol. The number of rotatable bonds is 5. The van der Waals surface area contributed by atoms with Gasteiger partial charge in [0.1, 0.15) is 11.2 Å².